The Morgan fingerprint density at radius 1 is 1.04 bits per heavy atom. The normalized spacial score (nSPS) is 10.3. The van der Waals surface area contributed by atoms with Crippen LogP contribution in [0.15, 0.2) is 42.5 Å². The largest absolute Gasteiger partial charge is 0.461 e. The van der Waals surface area contributed by atoms with Gasteiger partial charge in [0.05, 0.1) is 11.3 Å². The topological polar surface area (TPSA) is 86.5 Å². The molecule has 2 aromatic rings. The van der Waals surface area contributed by atoms with E-state index in [1.54, 1.807) is 0 Å². The predicted octanol–water partition coefficient (Wildman–Crippen LogP) is 3.92. The first kappa shape index (κ1) is 18.3. The van der Waals surface area contributed by atoms with Gasteiger partial charge in [-0.05, 0) is 43.2 Å². The number of carbonyl (C=O) groups excluding carboxylic acids is 2. The van der Waals surface area contributed by atoms with E-state index < -0.39 is 10.9 Å². The maximum absolute atomic E-state index is 12.2. The number of nitro benzene ring substituents is 1. The van der Waals surface area contributed by atoms with Crippen molar-refractivity contribution in [2.75, 3.05) is 0 Å². The van der Waals surface area contributed by atoms with Gasteiger partial charge in [-0.15, -0.1) is 0 Å². The lowest BCUT2D eigenvalue weighted by molar-refractivity contribution is -0.384. The summed E-state index contributed by atoms with van der Waals surface area (Å²) in [6.45, 7) is 3.79. The number of aryl methyl sites for hydroxylation is 2. The van der Waals surface area contributed by atoms with Gasteiger partial charge in [-0.2, -0.15) is 0 Å². The average molecular weight is 341 g/mol. The number of Topliss-reactive ketones (excluding diaryl/α,β-unsaturated/α-hetero) is 1. The van der Waals surface area contributed by atoms with Gasteiger partial charge in [-0.25, -0.2) is 0 Å². The second-order valence-electron chi connectivity index (χ2n) is 5.83. The van der Waals surface area contributed by atoms with Crippen LogP contribution in [0.5, 0.6) is 0 Å². The van der Waals surface area contributed by atoms with Crippen LogP contribution in [0.3, 0.4) is 0 Å². The van der Waals surface area contributed by atoms with Gasteiger partial charge in [0.15, 0.2) is 5.78 Å². The van der Waals surface area contributed by atoms with Gasteiger partial charge in [-0.1, -0.05) is 17.7 Å². The smallest absolute Gasteiger partial charge is 0.306 e. The third-order valence-corrected chi connectivity index (χ3v) is 3.80. The monoisotopic (exact) mass is 341 g/mol. The first-order chi connectivity index (χ1) is 11.9. The lowest BCUT2D eigenvalue weighted by Crippen LogP contribution is -2.09. The number of esters is 1. The number of rotatable bonds is 7. The Hall–Kier alpha value is -3.02. The molecule has 0 amide bonds. The van der Waals surface area contributed by atoms with Crippen molar-refractivity contribution in [2.24, 2.45) is 0 Å². The number of benzene rings is 2. The summed E-state index contributed by atoms with van der Waals surface area (Å²) in [6, 6.07) is 11.4. The number of non-ortho nitro benzene ring substituents is 1. The molecule has 0 radical (unpaired) electrons. The van der Waals surface area contributed by atoms with Crippen LogP contribution in [0.25, 0.3) is 0 Å². The van der Waals surface area contributed by atoms with Crippen molar-refractivity contribution in [3.63, 3.8) is 0 Å². The van der Waals surface area contributed by atoms with Crippen LogP contribution < -0.4 is 0 Å². The molecule has 0 bridgehead atoms. The lowest BCUT2D eigenvalue weighted by atomic mass is 9.99. The maximum Gasteiger partial charge on any atom is 0.306 e. The summed E-state index contributed by atoms with van der Waals surface area (Å²) in [5.74, 6) is -0.564. The SMILES string of the molecule is Cc1ccc(C)c(C(=O)CCC(=O)OCc2ccc([N+](=O)[O-])cc2)c1. The van der Waals surface area contributed by atoms with E-state index >= 15 is 0 Å². The Labute approximate surface area is 145 Å². The molecule has 0 aliphatic rings. The van der Waals surface area contributed by atoms with Crippen molar-refractivity contribution in [1.29, 1.82) is 0 Å². The number of hydrogen-bond acceptors (Lipinski definition) is 5. The first-order valence-corrected chi connectivity index (χ1v) is 7.86. The zero-order valence-electron chi connectivity index (χ0n) is 14.2. The van der Waals surface area contributed by atoms with Crippen molar-refractivity contribution in [3.05, 3.63) is 74.8 Å². The zero-order chi connectivity index (χ0) is 18.4. The Bertz CT molecular complexity index is 796. The van der Waals surface area contributed by atoms with Crippen LogP contribution in [-0.4, -0.2) is 16.7 Å². The second-order valence-corrected chi connectivity index (χ2v) is 5.83. The summed E-state index contributed by atoms with van der Waals surface area (Å²) in [5.41, 5.74) is 3.14. The van der Waals surface area contributed by atoms with E-state index in [0.717, 1.165) is 11.1 Å². The molecule has 0 fully saturated rings. The molecule has 0 spiro atoms. The summed E-state index contributed by atoms with van der Waals surface area (Å²) in [5, 5.41) is 10.6. The van der Waals surface area contributed by atoms with Crippen molar-refractivity contribution in [2.45, 2.75) is 33.3 Å². The molecule has 0 unspecified atom stereocenters. The molecule has 0 aliphatic carbocycles. The van der Waals surface area contributed by atoms with Crippen molar-refractivity contribution < 1.29 is 19.2 Å². The molecular weight excluding hydrogens is 322 g/mol. The van der Waals surface area contributed by atoms with E-state index in [1.165, 1.54) is 24.3 Å². The van der Waals surface area contributed by atoms with E-state index in [0.29, 0.717) is 11.1 Å². The van der Waals surface area contributed by atoms with Crippen LogP contribution in [-0.2, 0) is 16.1 Å². The molecule has 0 heterocycles. The van der Waals surface area contributed by atoms with Crippen LogP contribution >= 0.6 is 0 Å². The van der Waals surface area contributed by atoms with Crippen LogP contribution in [0.1, 0.15) is 39.9 Å². The molecule has 25 heavy (non-hydrogen) atoms. The van der Waals surface area contributed by atoms with Gasteiger partial charge in [-0.3, -0.25) is 19.7 Å². The fourth-order valence-corrected chi connectivity index (χ4v) is 2.34. The molecule has 6 nitrogen and oxygen atoms in total. The molecule has 0 N–H and O–H groups in total. The summed E-state index contributed by atoms with van der Waals surface area (Å²) in [4.78, 5) is 34.1. The van der Waals surface area contributed by atoms with Gasteiger partial charge in [0, 0.05) is 24.1 Å². The molecular formula is C19H19NO5. The summed E-state index contributed by atoms with van der Waals surface area (Å²) in [7, 11) is 0. The number of hydrogen-bond donors (Lipinski definition) is 0. The Morgan fingerprint density at radius 2 is 1.72 bits per heavy atom. The highest BCUT2D eigenvalue weighted by Crippen LogP contribution is 2.15. The molecule has 2 aromatic carbocycles. The molecule has 6 heteroatoms. The Kier molecular flexibility index (Phi) is 6.00. The third kappa shape index (κ3) is 5.24. The molecule has 0 saturated heterocycles. The van der Waals surface area contributed by atoms with E-state index in [1.807, 2.05) is 32.0 Å². The van der Waals surface area contributed by atoms with E-state index in [2.05, 4.69) is 0 Å². The van der Waals surface area contributed by atoms with Crippen LogP contribution in [0, 0.1) is 24.0 Å². The maximum atomic E-state index is 12.2. The third-order valence-electron chi connectivity index (χ3n) is 3.80. The minimum Gasteiger partial charge on any atom is -0.461 e. The van der Waals surface area contributed by atoms with Gasteiger partial charge in [0.25, 0.3) is 5.69 Å². The highest BCUT2D eigenvalue weighted by molar-refractivity contribution is 5.98. The number of nitrogens with zero attached hydrogens (tertiary/aromatic N) is 1. The van der Waals surface area contributed by atoms with E-state index in [9.17, 15) is 19.7 Å². The fraction of sp³-hybridized carbons (Fsp3) is 0.263. The van der Waals surface area contributed by atoms with E-state index in [4.69, 9.17) is 4.74 Å². The summed E-state index contributed by atoms with van der Waals surface area (Å²) >= 11 is 0. The zero-order valence-corrected chi connectivity index (χ0v) is 14.2. The minimum atomic E-state index is -0.491. The van der Waals surface area contributed by atoms with Crippen LogP contribution in [0.2, 0.25) is 0 Å². The molecule has 0 aromatic heterocycles. The summed E-state index contributed by atoms with van der Waals surface area (Å²) in [6.07, 6.45) is 0.0859. The standard InChI is InChI=1S/C19H19NO5/c1-13-3-4-14(2)17(11-13)18(21)9-10-19(22)25-12-15-5-7-16(8-6-15)20(23)24/h3-8,11H,9-10,12H2,1-2H3. The van der Waals surface area contributed by atoms with Gasteiger partial charge in [0.2, 0.25) is 0 Å². The Balaban J connectivity index is 1.83. The number of ether oxygens (including phenoxy) is 1. The lowest BCUT2D eigenvalue weighted by Gasteiger charge is -2.07. The molecule has 0 saturated carbocycles. The highest BCUT2D eigenvalue weighted by atomic mass is 16.6. The van der Waals surface area contributed by atoms with Crippen molar-refractivity contribution >= 4 is 17.4 Å². The predicted molar refractivity (Wildman–Crippen MR) is 92.4 cm³/mol. The number of ketones is 1. The van der Waals surface area contributed by atoms with Crippen molar-refractivity contribution in [1.82, 2.24) is 0 Å². The van der Waals surface area contributed by atoms with E-state index in [-0.39, 0.29) is 30.9 Å². The summed E-state index contributed by atoms with van der Waals surface area (Å²) < 4.78 is 5.11. The molecule has 130 valence electrons. The van der Waals surface area contributed by atoms with Crippen molar-refractivity contribution in [3.8, 4) is 0 Å². The minimum absolute atomic E-state index is 0.000797. The van der Waals surface area contributed by atoms with Gasteiger partial charge >= 0.3 is 5.97 Å². The molecule has 0 aliphatic heterocycles. The molecule has 2 rings (SSSR count). The highest BCUT2D eigenvalue weighted by Gasteiger charge is 2.13. The first-order valence-electron chi connectivity index (χ1n) is 7.86. The average Bonchev–Trinajstić information content (AvgIpc) is 2.60. The number of carbonyl (C=O) groups is 2. The second kappa shape index (κ2) is 8.19. The quantitative estimate of drug-likeness (QED) is 0.330. The molecule has 0 atom stereocenters. The van der Waals surface area contributed by atoms with Crippen LogP contribution in [0.4, 0.5) is 5.69 Å². The number of nitro groups is 1. The van der Waals surface area contributed by atoms with Gasteiger partial charge < -0.3 is 4.74 Å². The Morgan fingerprint density at radius 3 is 2.36 bits per heavy atom. The van der Waals surface area contributed by atoms with Gasteiger partial charge in [0.1, 0.15) is 6.61 Å². The fourth-order valence-electron chi connectivity index (χ4n) is 2.34.